The highest BCUT2D eigenvalue weighted by Gasteiger charge is 2.47. The average molecular weight is 510 g/mol. The first kappa shape index (κ1) is 24.5. The van der Waals surface area contributed by atoms with Crippen molar-refractivity contribution in [3.63, 3.8) is 0 Å². The summed E-state index contributed by atoms with van der Waals surface area (Å²) in [5.41, 5.74) is 2.22. The number of Topliss-reactive ketones (excluding diaryl/α,β-unsaturated/α-hetero) is 1. The first-order valence-electron chi connectivity index (χ1n) is 10.8. The van der Waals surface area contributed by atoms with E-state index in [4.69, 9.17) is 27.9 Å². The van der Waals surface area contributed by atoms with Gasteiger partial charge in [0, 0.05) is 11.3 Å². The molecule has 3 aromatic carbocycles. The Hall–Kier alpha value is -3.61. The summed E-state index contributed by atoms with van der Waals surface area (Å²) in [6.45, 7) is 3.78. The Labute approximate surface area is 212 Å². The predicted molar refractivity (Wildman–Crippen MR) is 135 cm³/mol. The smallest absolute Gasteiger partial charge is 0.338 e. The van der Waals surface area contributed by atoms with Gasteiger partial charge in [-0.05, 0) is 55.8 Å². The fourth-order valence-corrected chi connectivity index (χ4v) is 4.35. The highest BCUT2D eigenvalue weighted by atomic mass is 35.5. The number of carbonyl (C=O) groups is 3. The predicted octanol–water partition coefficient (Wildman–Crippen LogP) is 6.10. The van der Waals surface area contributed by atoms with E-state index in [1.807, 2.05) is 19.1 Å². The van der Waals surface area contributed by atoms with Gasteiger partial charge in [0.2, 0.25) is 0 Å². The Morgan fingerprint density at radius 2 is 1.71 bits per heavy atom. The monoisotopic (exact) mass is 509 g/mol. The van der Waals surface area contributed by atoms with Gasteiger partial charge in [-0.2, -0.15) is 0 Å². The maximum absolute atomic E-state index is 13.3. The lowest BCUT2D eigenvalue weighted by Crippen LogP contribution is -2.29. The third-order valence-corrected chi connectivity index (χ3v) is 6.37. The number of esters is 1. The van der Waals surface area contributed by atoms with Crippen molar-refractivity contribution < 1.29 is 24.2 Å². The van der Waals surface area contributed by atoms with Crippen LogP contribution in [0.3, 0.4) is 0 Å². The SMILES string of the molecule is CCOC(=O)c1cccc(N2C(=O)C(=O)/C(=C(/O)c3ccc(Cl)c(Cl)c3)C2c2cccc(C)c2)c1. The molecule has 6 nitrogen and oxygen atoms in total. The molecule has 1 amide bonds. The van der Waals surface area contributed by atoms with E-state index in [0.29, 0.717) is 11.3 Å². The van der Waals surface area contributed by atoms with Crippen LogP contribution in [-0.2, 0) is 14.3 Å². The van der Waals surface area contributed by atoms with Crippen molar-refractivity contribution in [2.45, 2.75) is 19.9 Å². The van der Waals surface area contributed by atoms with Gasteiger partial charge in [-0.25, -0.2) is 4.79 Å². The van der Waals surface area contributed by atoms with Crippen molar-refractivity contribution in [2.75, 3.05) is 11.5 Å². The Kier molecular flexibility index (Phi) is 6.96. The highest BCUT2D eigenvalue weighted by Crippen LogP contribution is 2.43. The van der Waals surface area contributed by atoms with E-state index in [2.05, 4.69) is 0 Å². The summed E-state index contributed by atoms with van der Waals surface area (Å²) in [6.07, 6.45) is 0. The van der Waals surface area contributed by atoms with E-state index >= 15 is 0 Å². The molecule has 3 aromatic rings. The summed E-state index contributed by atoms with van der Waals surface area (Å²) in [6, 6.07) is 17.1. The lowest BCUT2D eigenvalue weighted by atomic mass is 9.94. The molecule has 0 spiro atoms. The molecular formula is C27H21Cl2NO5. The Bertz CT molecular complexity index is 1380. The second-order valence-electron chi connectivity index (χ2n) is 7.98. The second kappa shape index (κ2) is 9.94. The van der Waals surface area contributed by atoms with Gasteiger partial charge >= 0.3 is 5.97 Å². The van der Waals surface area contributed by atoms with Gasteiger partial charge in [0.1, 0.15) is 5.76 Å². The van der Waals surface area contributed by atoms with Gasteiger partial charge in [-0.1, -0.05) is 59.1 Å². The molecule has 8 heteroatoms. The van der Waals surface area contributed by atoms with Crippen LogP contribution in [0.25, 0.3) is 5.76 Å². The number of nitrogens with zero attached hydrogens (tertiary/aromatic N) is 1. The molecule has 1 fully saturated rings. The van der Waals surface area contributed by atoms with Crippen LogP contribution in [0.5, 0.6) is 0 Å². The summed E-state index contributed by atoms with van der Waals surface area (Å²) >= 11 is 12.1. The second-order valence-corrected chi connectivity index (χ2v) is 8.80. The van der Waals surface area contributed by atoms with Crippen LogP contribution >= 0.6 is 23.2 Å². The molecule has 1 aliphatic rings. The number of halogens is 2. The first-order valence-corrected chi connectivity index (χ1v) is 11.6. The van der Waals surface area contributed by atoms with Crippen LogP contribution in [0.2, 0.25) is 10.0 Å². The molecule has 1 N–H and O–H groups in total. The molecule has 1 saturated heterocycles. The quantitative estimate of drug-likeness (QED) is 0.194. The molecule has 178 valence electrons. The van der Waals surface area contributed by atoms with Crippen molar-refractivity contribution in [2.24, 2.45) is 0 Å². The zero-order chi connectivity index (χ0) is 25.3. The molecule has 35 heavy (non-hydrogen) atoms. The number of ether oxygens (including phenoxy) is 1. The topological polar surface area (TPSA) is 83.9 Å². The number of amides is 1. The lowest BCUT2D eigenvalue weighted by molar-refractivity contribution is -0.132. The summed E-state index contributed by atoms with van der Waals surface area (Å²) in [7, 11) is 0. The van der Waals surface area contributed by atoms with Crippen LogP contribution in [0, 0.1) is 6.92 Å². The zero-order valence-corrected chi connectivity index (χ0v) is 20.4. The molecular weight excluding hydrogens is 489 g/mol. The van der Waals surface area contributed by atoms with E-state index in [9.17, 15) is 19.5 Å². The highest BCUT2D eigenvalue weighted by molar-refractivity contribution is 6.52. The van der Waals surface area contributed by atoms with E-state index < -0.39 is 23.7 Å². The third-order valence-electron chi connectivity index (χ3n) is 5.63. The first-order chi connectivity index (χ1) is 16.7. The molecule has 0 aliphatic carbocycles. The van der Waals surface area contributed by atoms with Crippen LogP contribution in [0.4, 0.5) is 5.69 Å². The number of carbonyl (C=O) groups excluding carboxylic acids is 3. The van der Waals surface area contributed by atoms with Gasteiger partial charge in [0.15, 0.2) is 0 Å². The number of anilines is 1. The fraction of sp³-hybridized carbons (Fsp3) is 0.148. The van der Waals surface area contributed by atoms with Crippen molar-refractivity contribution in [1.82, 2.24) is 0 Å². The number of benzene rings is 3. The van der Waals surface area contributed by atoms with Gasteiger partial charge in [0.25, 0.3) is 11.7 Å². The minimum Gasteiger partial charge on any atom is -0.507 e. The number of hydrogen-bond donors (Lipinski definition) is 1. The Morgan fingerprint density at radius 1 is 0.971 bits per heavy atom. The molecule has 1 aliphatic heterocycles. The minimum absolute atomic E-state index is 0.0967. The molecule has 1 heterocycles. The van der Waals surface area contributed by atoms with Crippen molar-refractivity contribution in [3.05, 3.63) is 105 Å². The van der Waals surface area contributed by atoms with Gasteiger partial charge < -0.3 is 9.84 Å². The standard InChI is InChI=1S/C27H21Cl2NO5/c1-3-35-27(34)18-8-5-9-19(13-18)30-23(16-7-4-6-15(2)12-16)22(25(32)26(30)33)24(31)17-10-11-20(28)21(29)14-17/h4-14,23,31H,3H2,1-2H3/b24-22+. The number of rotatable bonds is 5. The molecule has 0 saturated carbocycles. The van der Waals surface area contributed by atoms with Gasteiger partial charge in [-0.15, -0.1) is 0 Å². The lowest BCUT2D eigenvalue weighted by Gasteiger charge is -2.26. The molecule has 0 bridgehead atoms. The zero-order valence-electron chi connectivity index (χ0n) is 18.9. The third kappa shape index (κ3) is 4.67. The van der Waals surface area contributed by atoms with E-state index in [1.54, 1.807) is 37.3 Å². The normalized spacial score (nSPS) is 17.0. The Balaban J connectivity index is 1.93. The minimum atomic E-state index is -0.943. The van der Waals surface area contributed by atoms with E-state index in [1.165, 1.54) is 29.2 Å². The van der Waals surface area contributed by atoms with Crippen molar-refractivity contribution >= 4 is 52.3 Å². The van der Waals surface area contributed by atoms with E-state index in [-0.39, 0.29) is 39.1 Å². The number of aliphatic hydroxyl groups is 1. The van der Waals surface area contributed by atoms with Gasteiger partial charge in [0.05, 0.1) is 33.8 Å². The van der Waals surface area contributed by atoms with Crippen molar-refractivity contribution in [1.29, 1.82) is 0 Å². The maximum atomic E-state index is 13.3. The average Bonchev–Trinajstić information content (AvgIpc) is 3.11. The van der Waals surface area contributed by atoms with Gasteiger partial charge in [-0.3, -0.25) is 14.5 Å². The molecule has 4 rings (SSSR count). The number of aryl methyl sites for hydroxylation is 1. The van der Waals surface area contributed by atoms with Crippen LogP contribution in [0.1, 0.15) is 40.0 Å². The number of hydrogen-bond acceptors (Lipinski definition) is 5. The summed E-state index contributed by atoms with van der Waals surface area (Å²) in [5, 5.41) is 11.7. The van der Waals surface area contributed by atoms with E-state index in [0.717, 1.165) is 5.56 Å². The molecule has 0 radical (unpaired) electrons. The largest absolute Gasteiger partial charge is 0.507 e. The summed E-state index contributed by atoms with van der Waals surface area (Å²) in [4.78, 5) is 40.2. The van der Waals surface area contributed by atoms with Crippen LogP contribution in [0.15, 0.2) is 72.3 Å². The fourth-order valence-electron chi connectivity index (χ4n) is 4.05. The molecule has 0 aromatic heterocycles. The number of ketones is 1. The number of aliphatic hydroxyl groups excluding tert-OH is 1. The van der Waals surface area contributed by atoms with Crippen LogP contribution in [-0.4, -0.2) is 29.4 Å². The van der Waals surface area contributed by atoms with Crippen LogP contribution < -0.4 is 4.90 Å². The summed E-state index contributed by atoms with van der Waals surface area (Å²) in [5.74, 6) is -2.62. The summed E-state index contributed by atoms with van der Waals surface area (Å²) < 4.78 is 5.08. The Morgan fingerprint density at radius 3 is 2.40 bits per heavy atom. The maximum Gasteiger partial charge on any atom is 0.338 e. The van der Waals surface area contributed by atoms with Crippen molar-refractivity contribution in [3.8, 4) is 0 Å². The molecule has 1 atom stereocenters. The molecule has 1 unspecified atom stereocenters.